The molecule has 0 radical (unpaired) electrons. The van der Waals surface area contributed by atoms with Crippen LogP contribution in [0.4, 0.5) is 0 Å². The maximum Gasteiger partial charge on any atom is 0.0385 e. The number of nitrogens with zero attached hydrogens (tertiary/aromatic N) is 1. The molecule has 0 aromatic carbocycles. The molecule has 4 unspecified atom stereocenters. The van der Waals surface area contributed by atoms with E-state index >= 15 is 0 Å². The monoisotopic (exact) mass is 260 g/mol. The van der Waals surface area contributed by atoms with E-state index in [0.717, 1.165) is 18.8 Å². The molecule has 0 bridgehead atoms. The van der Waals surface area contributed by atoms with Crippen molar-refractivity contribution in [3.8, 4) is 0 Å². The Labute approximate surface area is 109 Å². The van der Waals surface area contributed by atoms with Crippen molar-refractivity contribution in [2.45, 2.75) is 52.7 Å². The lowest BCUT2D eigenvalue weighted by Gasteiger charge is -2.46. The first-order chi connectivity index (χ1) is 7.71. The molecule has 1 rings (SSSR count). The first kappa shape index (κ1) is 15.1. The van der Waals surface area contributed by atoms with E-state index < -0.39 is 10.8 Å². The van der Waals surface area contributed by atoms with Gasteiger partial charge in [0.2, 0.25) is 0 Å². The van der Waals surface area contributed by atoms with Crippen LogP contribution in [0.15, 0.2) is 0 Å². The van der Waals surface area contributed by atoms with Crippen LogP contribution in [0.2, 0.25) is 0 Å². The number of nitrogens with one attached hydrogen (secondary N) is 1. The van der Waals surface area contributed by atoms with E-state index in [1.165, 1.54) is 0 Å². The van der Waals surface area contributed by atoms with Gasteiger partial charge in [-0.1, -0.05) is 20.8 Å². The van der Waals surface area contributed by atoms with Gasteiger partial charge in [-0.3, -0.25) is 9.11 Å². The van der Waals surface area contributed by atoms with E-state index in [4.69, 9.17) is 0 Å². The zero-order valence-electron chi connectivity index (χ0n) is 12.1. The third kappa shape index (κ3) is 4.34. The van der Waals surface area contributed by atoms with E-state index in [2.05, 4.69) is 44.8 Å². The van der Waals surface area contributed by atoms with E-state index in [1.807, 2.05) is 0 Å². The van der Waals surface area contributed by atoms with E-state index in [0.29, 0.717) is 18.1 Å². The quantitative estimate of drug-likeness (QED) is 0.834. The number of piperazine rings is 1. The molecule has 0 aliphatic carbocycles. The van der Waals surface area contributed by atoms with Crippen molar-refractivity contribution in [3.63, 3.8) is 0 Å². The Morgan fingerprint density at radius 3 is 2.53 bits per heavy atom. The summed E-state index contributed by atoms with van der Waals surface area (Å²) >= 11 is 0. The zero-order valence-corrected chi connectivity index (χ0v) is 12.9. The van der Waals surface area contributed by atoms with Gasteiger partial charge in [0.1, 0.15) is 0 Å². The van der Waals surface area contributed by atoms with Crippen molar-refractivity contribution in [3.05, 3.63) is 0 Å². The molecule has 1 saturated heterocycles. The molecule has 1 heterocycles. The van der Waals surface area contributed by atoms with Gasteiger partial charge in [0.15, 0.2) is 0 Å². The highest BCUT2D eigenvalue weighted by Crippen LogP contribution is 2.24. The summed E-state index contributed by atoms with van der Waals surface area (Å²) in [4.78, 5) is 2.51. The minimum absolute atomic E-state index is 0.281. The smallest absolute Gasteiger partial charge is 0.0385 e. The Morgan fingerprint density at radius 1 is 1.47 bits per heavy atom. The Hall–Kier alpha value is 0.0700. The van der Waals surface area contributed by atoms with Crippen LogP contribution in [-0.2, 0) is 10.8 Å². The van der Waals surface area contributed by atoms with Crippen LogP contribution in [0.5, 0.6) is 0 Å². The normalized spacial score (nSPS) is 31.2. The number of rotatable bonds is 3. The highest BCUT2D eigenvalue weighted by molar-refractivity contribution is 7.84. The molecule has 1 N–H and O–H groups in total. The predicted molar refractivity (Wildman–Crippen MR) is 75.8 cm³/mol. The highest BCUT2D eigenvalue weighted by Gasteiger charge is 2.34. The van der Waals surface area contributed by atoms with E-state index in [-0.39, 0.29) is 5.41 Å². The molecule has 4 atom stereocenters. The molecule has 3 nitrogen and oxygen atoms in total. The van der Waals surface area contributed by atoms with Crippen LogP contribution in [0, 0.1) is 5.41 Å². The third-order valence-corrected chi connectivity index (χ3v) is 4.66. The predicted octanol–water partition coefficient (Wildman–Crippen LogP) is 1.46. The lowest BCUT2D eigenvalue weighted by molar-refractivity contribution is 0.0705. The molecule has 1 aliphatic heterocycles. The van der Waals surface area contributed by atoms with Gasteiger partial charge in [0, 0.05) is 54.0 Å². The molecule has 1 fully saturated rings. The summed E-state index contributed by atoms with van der Waals surface area (Å²) in [5, 5.41) is 3.63. The van der Waals surface area contributed by atoms with Crippen molar-refractivity contribution in [2.75, 3.05) is 25.1 Å². The van der Waals surface area contributed by atoms with Crippen molar-refractivity contribution in [2.24, 2.45) is 5.41 Å². The standard InChI is InChI=1S/C13H28N2OS/c1-10-7-14-12(13(3,4)5)8-15(10)11(2)9-17(6)16/h10-12,14H,7-9H2,1-6H3. The van der Waals surface area contributed by atoms with Gasteiger partial charge in [0.25, 0.3) is 0 Å². The van der Waals surface area contributed by atoms with Crippen LogP contribution in [-0.4, -0.2) is 52.3 Å². The first-order valence-corrected chi connectivity index (χ1v) is 8.23. The number of hydrogen-bond acceptors (Lipinski definition) is 3. The fraction of sp³-hybridized carbons (Fsp3) is 1.00. The summed E-state index contributed by atoms with van der Waals surface area (Å²) in [6, 6.07) is 1.46. The summed E-state index contributed by atoms with van der Waals surface area (Å²) in [5.74, 6) is 0.779. The Morgan fingerprint density at radius 2 is 2.06 bits per heavy atom. The average molecular weight is 260 g/mol. The van der Waals surface area contributed by atoms with Crippen LogP contribution in [0.25, 0.3) is 0 Å². The second kappa shape index (κ2) is 5.81. The number of hydrogen-bond donors (Lipinski definition) is 1. The molecule has 102 valence electrons. The third-order valence-electron chi connectivity index (χ3n) is 3.71. The van der Waals surface area contributed by atoms with Gasteiger partial charge in [-0.2, -0.15) is 0 Å². The Bertz CT molecular complexity index is 275. The molecule has 0 saturated carbocycles. The average Bonchev–Trinajstić information content (AvgIpc) is 2.15. The summed E-state index contributed by atoms with van der Waals surface area (Å²) in [6.07, 6.45) is 1.80. The van der Waals surface area contributed by atoms with Gasteiger partial charge < -0.3 is 5.32 Å². The minimum Gasteiger partial charge on any atom is -0.311 e. The lowest BCUT2D eigenvalue weighted by atomic mass is 9.84. The molecular weight excluding hydrogens is 232 g/mol. The second-order valence-corrected chi connectivity index (χ2v) is 7.94. The Kier molecular flexibility index (Phi) is 5.17. The van der Waals surface area contributed by atoms with Crippen LogP contribution in [0.3, 0.4) is 0 Å². The summed E-state index contributed by atoms with van der Waals surface area (Å²) in [5.41, 5.74) is 0.281. The van der Waals surface area contributed by atoms with E-state index in [9.17, 15) is 4.21 Å². The van der Waals surface area contributed by atoms with Gasteiger partial charge in [0.05, 0.1) is 0 Å². The van der Waals surface area contributed by atoms with Gasteiger partial charge in [-0.05, 0) is 19.3 Å². The van der Waals surface area contributed by atoms with Gasteiger partial charge in [-0.25, -0.2) is 0 Å². The molecule has 0 aromatic heterocycles. The van der Waals surface area contributed by atoms with Crippen molar-refractivity contribution < 1.29 is 4.21 Å². The molecule has 0 aromatic rings. The molecule has 1 aliphatic rings. The summed E-state index contributed by atoms with van der Waals surface area (Å²) in [6.45, 7) is 13.4. The van der Waals surface area contributed by atoms with Crippen molar-refractivity contribution in [1.82, 2.24) is 10.2 Å². The minimum atomic E-state index is -0.707. The van der Waals surface area contributed by atoms with Crippen molar-refractivity contribution in [1.29, 1.82) is 0 Å². The topological polar surface area (TPSA) is 32.3 Å². The zero-order chi connectivity index (χ0) is 13.2. The van der Waals surface area contributed by atoms with Crippen LogP contribution >= 0.6 is 0 Å². The molecular formula is C13H28N2OS. The van der Waals surface area contributed by atoms with E-state index in [1.54, 1.807) is 6.26 Å². The molecule has 0 amide bonds. The lowest BCUT2D eigenvalue weighted by Crippen LogP contribution is -2.62. The SMILES string of the molecule is CC1CNC(C(C)(C)C)CN1C(C)CS(C)=O. The first-order valence-electron chi connectivity index (χ1n) is 6.51. The molecule has 4 heteroatoms. The second-order valence-electron chi connectivity index (χ2n) is 6.46. The molecule has 0 spiro atoms. The van der Waals surface area contributed by atoms with Gasteiger partial charge in [-0.15, -0.1) is 0 Å². The fourth-order valence-electron chi connectivity index (χ4n) is 2.52. The maximum absolute atomic E-state index is 11.4. The highest BCUT2D eigenvalue weighted by atomic mass is 32.2. The summed E-state index contributed by atoms with van der Waals surface area (Å²) < 4.78 is 11.4. The largest absolute Gasteiger partial charge is 0.311 e. The van der Waals surface area contributed by atoms with Crippen LogP contribution < -0.4 is 5.32 Å². The maximum atomic E-state index is 11.4. The fourth-order valence-corrected chi connectivity index (χ4v) is 3.39. The van der Waals surface area contributed by atoms with Crippen LogP contribution in [0.1, 0.15) is 34.6 Å². The van der Waals surface area contributed by atoms with Crippen molar-refractivity contribution >= 4 is 10.8 Å². The summed E-state index contributed by atoms with van der Waals surface area (Å²) in [7, 11) is -0.707. The Balaban J connectivity index is 2.66. The molecule has 17 heavy (non-hydrogen) atoms. The van der Waals surface area contributed by atoms with Gasteiger partial charge >= 0.3 is 0 Å².